The molecule has 3 N–H and O–H groups in total. The van der Waals surface area contributed by atoms with Crippen LogP contribution >= 0.6 is 0 Å². The maximum Gasteiger partial charge on any atom is 0.261 e. The minimum atomic E-state index is -3.65. The average molecular weight is 292 g/mol. The highest BCUT2D eigenvalue weighted by Gasteiger charge is 2.15. The fourth-order valence-electron chi connectivity index (χ4n) is 1.70. The van der Waals surface area contributed by atoms with Crippen molar-refractivity contribution in [3.63, 3.8) is 0 Å². The van der Waals surface area contributed by atoms with E-state index >= 15 is 0 Å². The van der Waals surface area contributed by atoms with Crippen molar-refractivity contribution in [1.29, 1.82) is 0 Å². The summed E-state index contributed by atoms with van der Waals surface area (Å²) in [7, 11) is -3.65. The Morgan fingerprint density at radius 3 is 2.45 bits per heavy atom. The molecule has 0 fully saturated rings. The summed E-state index contributed by atoms with van der Waals surface area (Å²) in [5, 5.41) is 0. The van der Waals surface area contributed by atoms with E-state index in [2.05, 4.69) is 4.72 Å². The van der Waals surface area contributed by atoms with Crippen molar-refractivity contribution in [2.45, 2.75) is 11.8 Å². The number of benzene rings is 2. The Hall–Kier alpha value is -2.21. The lowest BCUT2D eigenvalue weighted by Crippen LogP contribution is -2.13. The molecule has 2 aromatic rings. The van der Waals surface area contributed by atoms with E-state index in [-0.39, 0.29) is 4.90 Å². The predicted molar refractivity (Wildman–Crippen MR) is 79.3 cm³/mol. The summed E-state index contributed by atoms with van der Waals surface area (Å²) in [5.74, 6) is 0.478. The average Bonchev–Trinajstić information content (AvgIpc) is 2.42. The van der Waals surface area contributed by atoms with Crippen molar-refractivity contribution in [2.75, 3.05) is 17.1 Å². The number of nitrogens with one attached hydrogen (secondary N) is 1. The summed E-state index contributed by atoms with van der Waals surface area (Å²) >= 11 is 0. The molecule has 0 bridgehead atoms. The number of nitrogen functional groups attached to an aromatic ring is 1. The molecule has 0 unspecified atom stereocenters. The van der Waals surface area contributed by atoms with Gasteiger partial charge in [-0.15, -0.1) is 0 Å². The first-order valence-electron chi connectivity index (χ1n) is 6.13. The highest BCUT2D eigenvalue weighted by atomic mass is 32.2. The van der Waals surface area contributed by atoms with Crippen LogP contribution in [0.15, 0.2) is 53.4 Å². The van der Waals surface area contributed by atoms with Gasteiger partial charge in [-0.3, -0.25) is 4.72 Å². The van der Waals surface area contributed by atoms with E-state index in [0.29, 0.717) is 23.7 Å². The van der Waals surface area contributed by atoms with E-state index in [1.165, 1.54) is 12.1 Å². The van der Waals surface area contributed by atoms with Gasteiger partial charge in [0.1, 0.15) is 5.75 Å². The van der Waals surface area contributed by atoms with Gasteiger partial charge in [0.2, 0.25) is 0 Å². The van der Waals surface area contributed by atoms with Gasteiger partial charge < -0.3 is 10.5 Å². The molecule has 0 atom stereocenters. The third kappa shape index (κ3) is 3.21. The maximum atomic E-state index is 12.2. The van der Waals surface area contributed by atoms with Crippen LogP contribution in [0.3, 0.4) is 0 Å². The van der Waals surface area contributed by atoms with Crippen molar-refractivity contribution in [3.05, 3.63) is 48.5 Å². The number of hydrogen-bond acceptors (Lipinski definition) is 4. The lowest BCUT2D eigenvalue weighted by molar-refractivity contribution is 0.342. The number of anilines is 2. The van der Waals surface area contributed by atoms with E-state index < -0.39 is 10.0 Å². The number of para-hydroxylation sites is 1. The van der Waals surface area contributed by atoms with E-state index in [1.807, 2.05) is 13.0 Å². The molecule has 20 heavy (non-hydrogen) atoms. The van der Waals surface area contributed by atoms with Crippen LogP contribution in [-0.2, 0) is 10.0 Å². The highest BCUT2D eigenvalue weighted by molar-refractivity contribution is 7.92. The fraction of sp³-hybridized carbons (Fsp3) is 0.143. The molecule has 0 amide bonds. The molecule has 0 heterocycles. The molecule has 0 aromatic heterocycles. The number of rotatable bonds is 5. The predicted octanol–water partition coefficient (Wildman–Crippen LogP) is 2.47. The summed E-state index contributed by atoms with van der Waals surface area (Å²) in [4.78, 5) is 0.0994. The Morgan fingerprint density at radius 2 is 1.85 bits per heavy atom. The molecule has 6 heteroatoms. The third-order valence-electron chi connectivity index (χ3n) is 2.62. The molecule has 2 aromatic carbocycles. The largest absolute Gasteiger partial charge is 0.492 e. The molecule has 106 valence electrons. The van der Waals surface area contributed by atoms with Gasteiger partial charge in [0.05, 0.1) is 17.2 Å². The molecule has 0 radical (unpaired) electrons. The molecule has 0 spiro atoms. The lowest BCUT2D eigenvalue weighted by atomic mass is 10.3. The SMILES string of the molecule is CCOc1ccc(S(=O)(=O)Nc2ccccc2)cc1N. The van der Waals surface area contributed by atoms with Crippen LogP contribution < -0.4 is 15.2 Å². The maximum absolute atomic E-state index is 12.2. The monoisotopic (exact) mass is 292 g/mol. The van der Waals surface area contributed by atoms with Gasteiger partial charge in [-0.25, -0.2) is 8.42 Å². The summed E-state index contributed by atoms with van der Waals surface area (Å²) in [5.41, 5.74) is 6.57. The first-order valence-corrected chi connectivity index (χ1v) is 7.61. The molecule has 0 aliphatic carbocycles. The van der Waals surface area contributed by atoms with Gasteiger partial charge in [0.25, 0.3) is 10.0 Å². The number of hydrogen-bond donors (Lipinski definition) is 2. The van der Waals surface area contributed by atoms with Crippen molar-refractivity contribution in [3.8, 4) is 5.75 Å². The fourth-order valence-corrected chi connectivity index (χ4v) is 2.79. The van der Waals surface area contributed by atoms with Crippen molar-refractivity contribution >= 4 is 21.4 Å². The zero-order valence-corrected chi connectivity index (χ0v) is 11.9. The van der Waals surface area contributed by atoms with Crippen LogP contribution in [0.5, 0.6) is 5.75 Å². The van der Waals surface area contributed by atoms with E-state index in [4.69, 9.17) is 10.5 Å². The molecule has 0 saturated carbocycles. The molecule has 2 rings (SSSR count). The van der Waals surface area contributed by atoms with Gasteiger partial charge in [-0.1, -0.05) is 18.2 Å². The zero-order chi connectivity index (χ0) is 14.6. The standard InChI is InChI=1S/C14H16N2O3S/c1-2-19-14-9-8-12(10-13(14)15)20(17,18)16-11-6-4-3-5-7-11/h3-10,16H,2,15H2,1H3. The second-order valence-electron chi connectivity index (χ2n) is 4.10. The molecule has 0 aliphatic rings. The van der Waals surface area contributed by atoms with Gasteiger partial charge in [0, 0.05) is 5.69 Å². The minimum absolute atomic E-state index is 0.0994. The van der Waals surface area contributed by atoms with Gasteiger partial charge in [0.15, 0.2) is 0 Å². The van der Waals surface area contributed by atoms with E-state index in [1.54, 1.807) is 30.3 Å². The van der Waals surface area contributed by atoms with E-state index in [0.717, 1.165) is 0 Å². The van der Waals surface area contributed by atoms with Crippen LogP contribution in [0.2, 0.25) is 0 Å². The Morgan fingerprint density at radius 1 is 1.15 bits per heavy atom. The molecular weight excluding hydrogens is 276 g/mol. The molecule has 5 nitrogen and oxygen atoms in total. The van der Waals surface area contributed by atoms with Crippen LogP contribution in [0.25, 0.3) is 0 Å². The van der Waals surface area contributed by atoms with Gasteiger partial charge in [-0.2, -0.15) is 0 Å². The Balaban J connectivity index is 2.28. The van der Waals surface area contributed by atoms with Crippen molar-refractivity contribution in [1.82, 2.24) is 0 Å². The normalized spacial score (nSPS) is 11.1. The minimum Gasteiger partial charge on any atom is -0.492 e. The zero-order valence-electron chi connectivity index (χ0n) is 11.0. The quantitative estimate of drug-likeness (QED) is 0.829. The first kappa shape index (κ1) is 14.2. The summed E-state index contributed by atoms with van der Waals surface area (Å²) in [6.07, 6.45) is 0. The van der Waals surface area contributed by atoms with Crippen LogP contribution in [0, 0.1) is 0 Å². The topological polar surface area (TPSA) is 81.4 Å². The Bertz CT molecular complexity index is 685. The van der Waals surface area contributed by atoms with Crippen LogP contribution in [0.1, 0.15) is 6.92 Å². The van der Waals surface area contributed by atoms with Crippen molar-refractivity contribution < 1.29 is 13.2 Å². The van der Waals surface area contributed by atoms with Crippen LogP contribution in [-0.4, -0.2) is 15.0 Å². The van der Waals surface area contributed by atoms with Gasteiger partial charge >= 0.3 is 0 Å². The third-order valence-corrected chi connectivity index (χ3v) is 4.00. The summed E-state index contributed by atoms with van der Waals surface area (Å²) in [6.45, 7) is 2.31. The highest BCUT2D eigenvalue weighted by Crippen LogP contribution is 2.25. The lowest BCUT2D eigenvalue weighted by Gasteiger charge is -2.11. The first-order chi connectivity index (χ1) is 9.53. The number of nitrogens with two attached hydrogens (primary N) is 1. The number of sulfonamides is 1. The van der Waals surface area contributed by atoms with Crippen molar-refractivity contribution in [2.24, 2.45) is 0 Å². The van der Waals surface area contributed by atoms with E-state index in [9.17, 15) is 8.42 Å². The number of ether oxygens (including phenoxy) is 1. The van der Waals surface area contributed by atoms with Crippen LogP contribution in [0.4, 0.5) is 11.4 Å². The van der Waals surface area contributed by atoms with Gasteiger partial charge in [-0.05, 0) is 37.3 Å². The molecule has 0 saturated heterocycles. The second-order valence-corrected chi connectivity index (χ2v) is 5.79. The Labute approximate surface area is 118 Å². The summed E-state index contributed by atoms with van der Waals surface area (Å²) < 4.78 is 32.2. The smallest absolute Gasteiger partial charge is 0.261 e. The molecular formula is C14H16N2O3S. The molecule has 0 aliphatic heterocycles. The summed E-state index contributed by atoms with van der Waals surface area (Å²) in [6, 6.07) is 13.1. The Kier molecular flexibility index (Phi) is 4.14. The second kappa shape index (κ2) is 5.83.